The quantitative estimate of drug-likeness (QED) is 0.490. The van der Waals surface area contributed by atoms with Gasteiger partial charge in [0.25, 0.3) is 0 Å². The van der Waals surface area contributed by atoms with E-state index in [9.17, 15) is 0 Å². The maximum atomic E-state index is 2.41. The molecule has 0 unspecified atom stereocenters. The number of rotatable bonds is 5. The molecule has 134 valence electrons. The van der Waals surface area contributed by atoms with Crippen LogP contribution in [0.2, 0.25) is 0 Å². The van der Waals surface area contributed by atoms with Gasteiger partial charge in [0, 0.05) is 0 Å². The topological polar surface area (TPSA) is 0 Å². The zero-order valence-corrected chi connectivity index (χ0v) is 16.3. The fraction of sp³-hybridized carbons (Fsp3) is 0.520. The molecule has 1 fully saturated rings. The van der Waals surface area contributed by atoms with Crippen molar-refractivity contribution in [3.8, 4) is 11.1 Å². The second kappa shape index (κ2) is 8.70. The summed E-state index contributed by atoms with van der Waals surface area (Å²) in [6.45, 7) is 6.93. The molecule has 0 nitrogen and oxygen atoms in total. The molecule has 0 spiro atoms. The molecular formula is C25H34. The van der Waals surface area contributed by atoms with E-state index in [1.807, 2.05) is 0 Å². The largest absolute Gasteiger partial charge is 0.0628 e. The van der Waals surface area contributed by atoms with Crippen molar-refractivity contribution in [3.63, 3.8) is 0 Å². The molecule has 0 saturated heterocycles. The first-order valence-corrected chi connectivity index (χ1v) is 10.3. The lowest BCUT2D eigenvalue weighted by Crippen LogP contribution is -2.15. The molecule has 0 heterocycles. The first kappa shape index (κ1) is 18.2. The smallest absolute Gasteiger partial charge is 0.0131 e. The van der Waals surface area contributed by atoms with E-state index in [4.69, 9.17) is 0 Å². The molecule has 0 radical (unpaired) electrons. The first-order chi connectivity index (χ1) is 12.1. The van der Waals surface area contributed by atoms with Crippen LogP contribution >= 0.6 is 0 Å². The second-order valence-corrected chi connectivity index (χ2v) is 8.48. The Morgan fingerprint density at radius 3 is 2.12 bits per heavy atom. The van der Waals surface area contributed by atoms with E-state index in [2.05, 4.69) is 69.3 Å². The first-order valence-electron chi connectivity index (χ1n) is 10.3. The van der Waals surface area contributed by atoms with Gasteiger partial charge >= 0.3 is 0 Å². The molecule has 0 aliphatic heterocycles. The Bertz CT molecular complexity index is 642. The molecule has 2 aromatic carbocycles. The summed E-state index contributed by atoms with van der Waals surface area (Å²) in [4.78, 5) is 0. The summed E-state index contributed by atoms with van der Waals surface area (Å²) in [6, 6.07) is 18.3. The highest BCUT2D eigenvalue weighted by Crippen LogP contribution is 2.39. The lowest BCUT2D eigenvalue weighted by atomic mass is 9.77. The Morgan fingerprint density at radius 1 is 0.840 bits per heavy atom. The van der Waals surface area contributed by atoms with Crippen molar-refractivity contribution < 1.29 is 0 Å². The molecule has 1 aliphatic carbocycles. The third kappa shape index (κ3) is 4.97. The third-order valence-electron chi connectivity index (χ3n) is 5.88. The fourth-order valence-corrected chi connectivity index (χ4v) is 4.57. The van der Waals surface area contributed by atoms with Gasteiger partial charge in [0.2, 0.25) is 0 Å². The number of hydrogen-bond donors (Lipinski definition) is 0. The summed E-state index contributed by atoms with van der Waals surface area (Å²) in [5, 5.41) is 0. The maximum absolute atomic E-state index is 2.41. The van der Waals surface area contributed by atoms with Gasteiger partial charge in [0.1, 0.15) is 0 Å². The average Bonchev–Trinajstić information content (AvgIpc) is 2.89. The number of benzene rings is 2. The zero-order chi connectivity index (χ0) is 17.6. The Hall–Kier alpha value is -1.56. The van der Waals surface area contributed by atoms with E-state index in [1.165, 1.54) is 61.6 Å². The summed E-state index contributed by atoms with van der Waals surface area (Å²) >= 11 is 0. The van der Waals surface area contributed by atoms with Crippen LogP contribution in [0.5, 0.6) is 0 Å². The van der Waals surface area contributed by atoms with Crippen LogP contribution in [-0.4, -0.2) is 0 Å². The van der Waals surface area contributed by atoms with Crippen LogP contribution < -0.4 is 0 Å². The summed E-state index contributed by atoms with van der Waals surface area (Å²) in [7, 11) is 0. The maximum Gasteiger partial charge on any atom is -0.0131 e. The minimum absolute atomic E-state index is 0.740. The van der Waals surface area contributed by atoms with Gasteiger partial charge in [-0.1, -0.05) is 93.6 Å². The molecule has 0 amide bonds. The van der Waals surface area contributed by atoms with Crippen molar-refractivity contribution in [3.05, 3.63) is 59.7 Å². The summed E-state index contributed by atoms with van der Waals surface area (Å²) < 4.78 is 0. The highest BCUT2D eigenvalue weighted by atomic mass is 14.3. The van der Waals surface area contributed by atoms with Crippen molar-refractivity contribution in [2.24, 2.45) is 11.8 Å². The van der Waals surface area contributed by atoms with E-state index in [0.717, 1.165) is 17.8 Å². The average molecular weight is 335 g/mol. The molecule has 0 bridgehead atoms. The van der Waals surface area contributed by atoms with E-state index in [-0.39, 0.29) is 0 Å². The van der Waals surface area contributed by atoms with Crippen LogP contribution in [0.3, 0.4) is 0 Å². The van der Waals surface area contributed by atoms with Gasteiger partial charge in [-0.2, -0.15) is 0 Å². The minimum atomic E-state index is 0.740. The van der Waals surface area contributed by atoms with Crippen molar-refractivity contribution >= 4 is 0 Å². The van der Waals surface area contributed by atoms with Gasteiger partial charge in [-0.05, 0) is 60.6 Å². The standard InChI is InChI=1S/C25H34/c1-19(2)17-25(22-10-6-4-5-7-11-22)23-15-13-21(14-16-23)24-12-8-9-20(3)18-24/h8-9,12-16,18-19,22,25H,4-7,10-11,17H2,1-3H3/t25-/m1/s1. The lowest BCUT2D eigenvalue weighted by Gasteiger charge is -2.28. The molecule has 3 rings (SSSR count). The summed E-state index contributed by atoms with van der Waals surface area (Å²) in [6.07, 6.45) is 9.93. The van der Waals surface area contributed by atoms with E-state index < -0.39 is 0 Å². The molecule has 0 heteroatoms. The Labute approximate surface area is 154 Å². The van der Waals surface area contributed by atoms with E-state index >= 15 is 0 Å². The predicted molar refractivity (Wildman–Crippen MR) is 110 cm³/mol. The SMILES string of the molecule is Cc1cccc(-c2ccc([C@H](CC(C)C)C3CCCCCC3)cc2)c1. The molecule has 1 atom stereocenters. The van der Waals surface area contributed by atoms with Crippen molar-refractivity contribution in [2.75, 3.05) is 0 Å². The molecule has 2 aromatic rings. The van der Waals surface area contributed by atoms with Crippen LogP contribution in [0.15, 0.2) is 48.5 Å². The van der Waals surface area contributed by atoms with Crippen molar-refractivity contribution in [1.29, 1.82) is 0 Å². The van der Waals surface area contributed by atoms with E-state index in [0.29, 0.717) is 0 Å². The summed E-state index contributed by atoms with van der Waals surface area (Å²) in [5.74, 6) is 2.39. The predicted octanol–water partition coefficient (Wildman–Crippen LogP) is 7.76. The van der Waals surface area contributed by atoms with Gasteiger partial charge < -0.3 is 0 Å². The van der Waals surface area contributed by atoms with Gasteiger partial charge in [0.15, 0.2) is 0 Å². The van der Waals surface area contributed by atoms with Gasteiger partial charge in [-0.3, -0.25) is 0 Å². The van der Waals surface area contributed by atoms with Crippen molar-refractivity contribution in [1.82, 2.24) is 0 Å². The fourth-order valence-electron chi connectivity index (χ4n) is 4.57. The third-order valence-corrected chi connectivity index (χ3v) is 5.88. The molecule has 25 heavy (non-hydrogen) atoms. The van der Waals surface area contributed by atoms with Crippen molar-refractivity contribution in [2.45, 2.75) is 71.6 Å². The highest BCUT2D eigenvalue weighted by Gasteiger charge is 2.25. The molecule has 1 saturated carbocycles. The molecule has 0 N–H and O–H groups in total. The number of aryl methyl sites for hydroxylation is 1. The van der Waals surface area contributed by atoms with E-state index in [1.54, 1.807) is 5.56 Å². The Morgan fingerprint density at radius 2 is 1.52 bits per heavy atom. The lowest BCUT2D eigenvalue weighted by molar-refractivity contribution is 0.329. The van der Waals surface area contributed by atoms with Crippen LogP contribution in [0.1, 0.15) is 75.8 Å². The Kier molecular flexibility index (Phi) is 6.34. The second-order valence-electron chi connectivity index (χ2n) is 8.48. The van der Waals surface area contributed by atoms with Gasteiger partial charge in [0.05, 0.1) is 0 Å². The molecule has 1 aliphatic rings. The molecular weight excluding hydrogens is 300 g/mol. The summed E-state index contributed by atoms with van der Waals surface area (Å²) in [5.41, 5.74) is 5.58. The molecule has 0 aromatic heterocycles. The zero-order valence-electron chi connectivity index (χ0n) is 16.3. The van der Waals surface area contributed by atoms with Crippen LogP contribution in [-0.2, 0) is 0 Å². The Balaban J connectivity index is 1.83. The highest BCUT2D eigenvalue weighted by molar-refractivity contribution is 5.64. The minimum Gasteiger partial charge on any atom is -0.0628 e. The van der Waals surface area contributed by atoms with Crippen LogP contribution in [0.4, 0.5) is 0 Å². The van der Waals surface area contributed by atoms with Crippen LogP contribution in [0, 0.1) is 18.8 Å². The van der Waals surface area contributed by atoms with Crippen LogP contribution in [0.25, 0.3) is 11.1 Å². The normalized spacial score (nSPS) is 17.4. The number of hydrogen-bond acceptors (Lipinski definition) is 0. The monoisotopic (exact) mass is 334 g/mol. The van der Waals surface area contributed by atoms with Gasteiger partial charge in [-0.25, -0.2) is 0 Å². The van der Waals surface area contributed by atoms with Gasteiger partial charge in [-0.15, -0.1) is 0 Å².